The van der Waals surface area contributed by atoms with Crippen molar-refractivity contribution in [1.82, 2.24) is 5.32 Å². The minimum Gasteiger partial charge on any atom is -0.489 e. The van der Waals surface area contributed by atoms with E-state index in [9.17, 15) is 13.2 Å². The molecule has 0 radical (unpaired) electrons. The number of benzene rings is 2. The van der Waals surface area contributed by atoms with Gasteiger partial charge in [0, 0.05) is 12.8 Å². The number of carbonyl (C=O) groups is 1. The van der Waals surface area contributed by atoms with E-state index in [4.69, 9.17) is 4.74 Å². The van der Waals surface area contributed by atoms with Crippen molar-refractivity contribution in [3.8, 4) is 5.75 Å². The fourth-order valence-corrected chi connectivity index (χ4v) is 2.51. The van der Waals surface area contributed by atoms with Gasteiger partial charge in [-0.3, -0.25) is 4.79 Å². The Labute approximate surface area is 142 Å². The number of nitrogens with one attached hydrogen (secondary N) is 1. The van der Waals surface area contributed by atoms with E-state index in [0.29, 0.717) is 6.61 Å². The summed E-state index contributed by atoms with van der Waals surface area (Å²) >= 11 is 0. The molecular weight excluding hydrogens is 326 g/mol. The summed E-state index contributed by atoms with van der Waals surface area (Å²) in [7, 11) is -3.39. The van der Waals surface area contributed by atoms with Gasteiger partial charge in [0.05, 0.1) is 0 Å². The molecule has 0 aromatic heterocycles. The molecule has 2 aromatic rings. The lowest BCUT2D eigenvalue weighted by molar-refractivity contribution is -0.120. The molecule has 0 spiro atoms. The summed E-state index contributed by atoms with van der Waals surface area (Å²) in [5.74, 6) is 0.293. The molecule has 0 heterocycles. The summed E-state index contributed by atoms with van der Waals surface area (Å²) in [6.07, 6.45) is 1.05. The van der Waals surface area contributed by atoms with Crippen LogP contribution in [0.25, 0.3) is 0 Å². The van der Waals surface area contributed by atoms with Crippen LogP contribution in [0.15, 0.2) is 54.6 Å². The van der Waals surface area contributed by atoms with E-state index in [2.05, 4.69) is 5.32 Å². The van der Waals surface area contributed by atoms with E-state index in [0.717, 1.165) is 23.1 Å². The second-order valence-corrected chi connectivity index (χ2v) is 7.98. The molecule has 1 unspecified atom stereocenters. The van der Waals surface area contributed by atoms with Gasteiger partial charge < -0.3 is 10.1 Å². The summed E-state index contributed by atoms with van der Waals surface area (Å²) in [5, 5.41) is 1.59. The minimum atomic E-state index is -3.39. The fourth-order valence-electron chi connectivity index (χ4n) is 2.04. The van der Waals surface area contributed by atoms with Gasteiger partial charge in [-0.15, -0.1) is 0 Å². The molecule has 0 fully saturated rings. The first-order chi connectivity index (χ1) is 11.4. The highest BCUT2D eigenvalue weighted by Crippen LogP contribution is 2.13. The molecule has 0 aliphatic rings. The highest BCUT2D eigenvalue weighted by molar-refractivity contribution is 7.92. The molecule has 1 amide bonds. The zero-order valence-corrected chi connectivity index (χ0v) is 14.5. The summed E-state index contributed by atoms with van der Waals surface area (Å²) in [5.41, 5.74) is 1.86. The van der Waals surface area contributed by atoms with E-state index in [1.54, 1.807) is 0 Å². The Morgan fingerprint density at radius 2 is 1.75 bits per heavy atom. The van der Waals surface area contributed by atoms with Crippen LogP contribution in [0, 0.1) is 0 Å². The van der Waals surface area contributed by atoms with Crippen molar-refractivity contribution in [1.29, 1.82) is 0 Å². The van der Waals surface area contributed by atoms with Crippen molar-refractivity contribution < 1.29 is 17.9 Å². The standard InChI is InChI=1S/C18H21NO4S/c1-14(24(2,21)22)18(20)19-12-15-7-6-8-16(11-15)13-23-17-9-4-3-5-10-17/h3-11,14H,12-13H2,1-2H3,(H,19,20). The molecule has 0 saturated heterocycles. The third kappa shape index (κ3) is 5.38. The number of sulfone groups is 1. The number of para-hydroxylation sites is 1. The Balaban J connectivity index is 1.92. The van der Waals surface area contributed by atoms with Crippen molar-refractivity contribution in [2.24, 2.45) is 0 Å². The Kier molecular flexibility index (Phi) is 5.98. The van der Waals surface area contributed by atoms with Gasteiger partial charge in [0.25, 0.3) is 0 Å². The molecule has 0 saturated carbocycles. The zero-order valence-electron chi connectivity index (χ0n) is 13.7. The van der Waals surface area contributed by atoms with Crippen molar-refractivity contribution >= 4 is 15.7 Å². The van der Waals surface area contributed by atoms with E-state index in [-0.39, 0.29) is 6.54 Å². The maximum absolute atomic E-state index is 11.8. The van der Waals surface area contributed by atoms with Crippen LogP contribution >= 0.6 is 0 Å². The maximum atomic E-state index is 11.8. The van der Waals surface area contributed by atoms with Gasteiger partial charge in [-0.05, 0) is 30.2 Å². The number of rotatable bonds is 7. The van der Waals surface area contributed by atoms with E-state index < -0.39 is 21.0 Å². The van der Waals surface area contributed by atoms with Gasteiger partial charge in [-0.2, -0.15) is 0 Å². The topological polar surface area (TPSA) is 72.5 Å². The van der Waals surface area contributed by atoms with Crippen molar-refractivity contribution in [3.63, 3.8) is 0 Å². The Bertz CT molecular complexity index is 788. The predicted molar refractivity (Wildman–Crippen MR) is 93.4 cm³/mol. The average molecular weight is 347 g/mol. The summed E-state index contributed by atoms with van der Waals surface area (Å²) in [6, 6.07) is 17.1. The smallest absolute Gasteiger partial charge is 0.238 e. The Hall–Kier alpha value is -2.34. The maximum Gasteiger partial charge on any atom is 0.238 e. The molecule has 1 atom stereocenters. The molecule has 0 bridgehead atoms. The molecule has 24 heavy (non-hydrogen) atoms. The van der Waals surface area contributed by atoms with Gasteiger partial charge in [-0.25, -0.2) is 8.42 Å². The van der Waals surface area contributed by atoms with Gasteiger partial charge >= 0.3 is 0 Å². The van der Waals surface area contributed by atoms with Crippen LogP contribution in [-0.2, 0) is 27.8 Å². The lowest BCUT2D eigenvalue weighted by Crippen LogP contribution is -2.37. The molecule has 0 aliphatic heterocycles. The summed E-state index contributed by atoms with van der Waals surface area (Å²) in [4.78, 5) is 11.8. The van der Waals surface area contributed by atoms with Crippen molar-refractivity contribution in [2.45, 2.75) is 25.3 Å². The molecule has 2 rings (SSSR count). The van der Waals surface area contributed by atoms with Crippen molar-refractivity contribution in [3.05, 3.63) is 65.7 Å². The molecule has 1 N–H and O–H groups in total. The summed E-state index contributed by atoms with van der Waals surface area (Å²) < 4.78 is 28.5. The average Bonchev–Trinajstić information content (AvgIpc) is 2.57. The van der Waals surface area contributed by atoms with E-state index >= 15 is 0 Å². The zero-order chi connectivity index (χ0) is 17.6. The number of amides is 1. The molecule has 5 nitrogen and oxygen atoms in total. The van der Waals surface area contributed by atoms with Gasteiger partial charge in [0.15, 0.2) is 9.84 Å². The van der Waals surface area contributed by atoms with Gasteiger partial charge in [0.2, 0.25) is 5.91 Å². The number of hydrogen-bond donors (Lipinski definition) is 1. The lowest BCUT2D eigenvalue weighted by Gasteiger charge is -2.11. The van der Waals surface area contributed by atoms with Crippen LogP contribution in [0.1, 0.15) is 18.1 Å². The monoisotopic (exact) mass is 347 g/mol. The molecule has 128 valence electrons. The second-order valence-electron chi connectivity index (χ2n) is 5.61. The molecular formula is C18H21NO4S. The van der Waals surface area contributed by atoms with Crippen LogP contribution < -0.4 is 10.1 Å². The van der Waals surface area contributed by atoms with E-state index in [1.165, 1.54) is 6.92 Å². The number of carbonyl (C=O) groups excluding carboxylic acids is 1. The highest BCUT2D eigenvalue weighted by atomic mass is 32.2. The quantitative estimate of drug-likeness (QED) is 0.834. The number of ether oxygens (including phenoxy) is 1. The third-order valence-corrected chi connectivity index (χ3v) is 5.12. The lowest BCUT2D eigenvalue weighted by atomic mass is 10.1. The van der Waals surface area contributed by atoms with Crippen LogP contribution in [0.2, 0.25) is 0 Å². The van der Waals surface area contributed by atoms with Crippen LogP contribution in [0.3, 0.4) is 0 Å². The normalized spacial score (nSPS) is 12.4. The Morgan fingerprint density at radius 1 is 1.08 bits per heavy atom. The number of hydrogen-bond acceptors (Lipinski definition) is 4. The van der Waals surface area contributed by atoms with Crippen LogP contribution in [-0.4, -0.2) is 25.8 Å². The van der Waals surface area contributed by atoms with Crippen molar-refractivity contribution in [2.75, 3.05) is 6.26 Å². The summed E-state index contributed by atoms with van der Waals surface area (Å²) in [6.45, 7) is 2.08. The first-order valence-electron chi connectivity index (χ1n) is 7.58. The SMILES string of the molecule is CC(C(=O)NCc1cccc(COc2ccccc2)c1)S(C)(=O)=O. The van der Waals surface area contributed by atoms with E-state index in [1.807, 2.05) is 54.6 Å². The minimum absolute atomic E-state index is 0.276. The molecule has 2 aromatic carbocycles. The first-order valence-corrected chi connectivity index (χ1v) is 9.54. The third-order valence-electron chi connectivity index (χ3n) is 3.62. The van der Waals surface area contributed by atoms with Crippen LogP contribution in [0.4, 0.5) is 0 Å². The molecule has 0 aliphatic carbocycles. The van der Waals surface area contributed by atoms with Crippen LogP contribution in [0.5, 0.6) is 5.75 Å². The fraction of sp³-hybridized carbons (Fsp3) is 0.278. The molecule has 6 heteroatoms. The first kappa shape index (κ1) is 18.0. The largest absolute Gasteiger partial charge is 0.489 e. The predicted octanol–water partition coefficient (Wildman–Crippen LogP) is 2.31. The highest BCUT2D eigenvalue weighted by Gasteiger charge is 2.22. The second kappa shape index (κ2) is 7.97. The van der Waals surface area contributed by atoms with Gasteiger partial charge in [0.1, 0.15) is 17.6 Å². The van der Waals surface area contributed by atoms with Gasteiger partial charge in [-0.1, -0.05) is 42.5 Å². The Morgan fingerprint density at radius 3 is 2.42 bits per heavy atom.